The van der Waals surface area contributed by atoms with Crippen LogP contribution in [-0.2, 0) is 10.0 Å². The molecule has 0 fully saturated rings. The molecule has 0 saturated carbocycles. The standard InChI is InChI=1S/C9H9N5O4S/c10-6-1-2-8(14(15)16)9(3-6)19(17,18)13-7-4-11-12-5-7/h1-5,13H,10H2,(H,11,12). The summed E-state index contributed by atoms with van der Waals surface area (Å²) in [5.74, 6) is 0. The van der Waals surface area contributed by atoms with Crippen LogP contribution >= 0.6 is 0 Å². The average Bonchev–Trinajstić information content (AvgIpc) is 2.80. The van der Waals surface area contributed by atoms with Crippen LogP contribution in [0, 0.1) is 10.1 Å². The van der Waals surface area contributed by atoms with Gasteiger partial charge in [0.25, 0.3) is 15.7 Å². The lowest BCUT2D eigenvalue weighted by atomic mass is 10.3. The number of sulfonamides is 1. The molecular formula is C9H9N5O4S. The summed E-state index contributed by atoms with van der Waals surface area (Å²) in [4.78, 5) is 9.55. The average molecular weight is 283 g/mol. The number of nitrogen functional groups attached to an aromatic ring is 1. The summed E-state index contributed by atoms with van der Waals surface area (Å²) in [6.45, 7) is 0. The molecule has 2 aromatic rings. The molecule has 0 radical (unpaired) electrons. The molecule has 0 unspecified atom stereocenters. The highest BCUT2D eigenvalue weighted by molar-refractivity contribution is 7.92. The van der Waals surface area contributed by atoms with Crippen molar-refractivity contribution in [1.82, 2.24) is 10.2 Å². The number of hydrogen-bond donors (Lipinski definition) is 3. The van der Waals surface area contributed by atoms with E-state index in [1.54, 1.807) is 0 Å². The van der Waals surface area contributed by atoms with Gasteiger partial charge in [0.1, 0.15) is 0 Å². The zero-order valence-corrected chi connectivity index (χ0v) is 10.2. The molecule has 1 aromatic carbocycles. The van der Waals surface area contributed by atoms with E-state index >= 15 is 0 Å². The molecule has 0 aliphatic rings. The summed E-state index contributed by atoms with van der Waals surface area (Å²) in [7, 11) is -4.11. The third-order valence-corrected chi connectivity index (χ3v) is 3.63. The van der Waals surface area contributed by atoms with E-state index in [9.17, 15) is 18.5 Å². The van der Waals surface area contributed by atoms with Crippen LogP contribution in [0.5, 0.6) is 0 Å². The van der Waals surface area contributed by atoms with Crippen LogP contribution in [0.25, 0.3) is 0 Å². The number of anilines is 2. The largest absolute Gasteiger partial charge is 0.399 e. The third-order valence-electron chi connectivity index (χ3n) is 2.22. The van der Waals surface area contributed by atoms with Gasteiger partial charge in [-0.1, -0.05) is 0 Å². The van der Waals surface area contributed by atoms with Gasteiger partial charge in [0.05, 0.1) is 16.8 Å². The number of nitro benzene ring substituents is 1. The summed E-state index contributed by atoms with van der Waals surface area (Å²) < 4.78 is 26.3. The Morgan fingerprint density at radius 3 is 2.74 bits per heavy atom. The van der Waals surface area contributed by atoms with E-state index in [-0.39, 0.29) is 11.4 Å². The Bertz CT molecular complexity index is 710. The first-order chi connectivity index (χ1) is 8.90. The Kier molecular flexibility index (Phi) is 3.09. The highest BCUT2D eigenvalue weighted by atomic mass is 32.2. The van der Waals surface area contributed by atoms with Crippen LogP contribution < -0.4 is 10.5 Å². The topological polar surface area (TPSA) is 144 Å². The van der Waals surface area contributed by atoms with Gasteiger partial charge in [0.2, 0.25) is 0 Å². The SMILES string of the molecule is Nc1ccc([N+](=O)[O-])c(S(=O)(=O)Nc2cn[nH]c2)c1. The number of H-pyrrole nitrogens is 1. The first-order valence-electron chi connectivity index (χ1n) is 4.95. The van der Waals surface area contributed by atoms with E-state index in [2.05, 4.69) is 14.9 Å². The van der Waals surface area contributed by atoms with E-state index in [0.717, 1.165) is 12.1 Å². The second kappa shape index (κ2) is 4.57. The zero-order chi connectivity index (χ0) is 14.0. The van der Waals surface area contributed by atoms with Gasteiger partial charge in [-0.2, -0.15) is 5.10 Å². The summed E-state index contributed by atoms with van der Waals surface area (Å²) in [6.07, 6.45) is 2.53. The minimum atomic E-state index is -4.11. The van der Waals surface area contributed by atoms with Crippen molar-refractivity contribution in [3.63, 3.8) is 0 Å². The number of nitrogens with one attached hydrogen (secondary N) is 2. The van der Waals surface area contributed by atoms with Gasteiger partial charge < -0.3 is 5.73 Å². The van der Waals surface area contributed by atoms with E-state index in [1.165, 1.54) is 18.5 Å². The number of nitrogens with two attached hydrogens (primary N) is 1. The molecule has 0 saturated heterocycles. The van der Waals surface area contributed by atoms with Crippen molar-refractivity contribution >= 4 is 27.1 Å². The molecule has 100 valence electrons. The first kappa shape index (κ1) is 12.8. The number of hydrogen-bond acceptors (Lipinski definition) is 6. The van der Waals surface area contributed by atoms with Crippen molar-refractivity contribution in [2.75, 3.05) is 10.5 Å². The lowest BCUT2D eigenvalue weighted by molar-refractivity contribution is -0.387. The number of aromatic amines is 1. The number of aromatic nitrogens is 2. The number of nitrogens with zero attached hydrogens (tertiary/aromatic N) is 2. The molecule has 1 aromatic heterocycles. The van der Waals surface area contributed by atoms with Crippen LogP contribution in [0.2, 0.25) is 0 Å². The highest BCUT2D eigenvalue weighted by Crippen LogP contribution is 2.27. The molecule has 0 aliphatic heterocycles. The van der Waals surface area contributed by atoms with Crippen molar-refractivity contribution in [2.45, 2.75) is 4.90 Å². The van der Waals surface area contributed by atoms with Crippen molar-refractivity contribution in [3.8, 4) is 0 Å². The number of benzene rings is 1. The van der Waals surface area contributed by atoms with Crippen LogP contribution in [0.4, 0.5) is 17.1 Å². The maximum Gasteiger partial charge on any atom is 0.290 e. The van der Waals surface area contributed by atoms with Gasteiger partial charge in [-0.3, -0.25) is 19.9 Å². The third kappa shape index (κ3) is 2.63. The maximum absolute atomic E-state index is 12.1. The van der Waals surface area contributed by atoms with Gasteiger partial charge in [0, 0.05) is 18.0 Å². The molecule has 0 spiro atoms. The predicted molar refractivity (Wildman–Crippen MR) is 66.9 cm³/mol. The Morgan fingerprint density at radius 2 is 2.16 bits per heavy atom. The number of nitro groups is 1. The second-order valence-corrected chi connectivity index (χ2v) is 5.23. The molecule has 2 rings (SSSR count). The van der Waals surface area contributed by atoms with E-state index in [4.69, 9.17) is 5.73 Å². The fourth-order valence-electron chi connectivity index (χ4n) is 1.41. The smallest absolute Gasteiger partial charge is 0.290 e. The molecule has 19 heavy (non-hydrogen) atoms. The predicted octanol–water partition coefficient (Wildman–Crippen LogP) is 0.701. The van der Waals surface area contributed by atoms with Crippen molar-refractivity contribution < 1.29 is 13.3 Å². The van der Waals surface area contributed by atoms with Gasteiger partial charge in [-0.25, -0.2) is 8.42 Å². The summed E-state index contributed by atoms with van der Waals surface area (Å²) >= 11 is 0. The minimum absolute atomic E-state index is 0.109. The first-order valence-corrected chi connectivity index (χ1v) is 6.44. The minimum Gasteiger partial charge on any atom is -0.399 e. The normalized spacial score (nSPS) is 11.2. The van der Waals surface area contributed by atoms with Gasteiger partial charge in [-0.05, 0) is 12.1 Å². The lowest BCUT2D eigenvalue weighted by Crippen LogP contribution is -2.14. The van der Waals surface area contributed by atoms with Crippen LogP contribution in [0.3, 0.4) is 0 Å². The van der Waals surface area contributed by atoms with E-state index in [0.29, 0.717) is 0 Å². The Hall–Kier alpha value is -2.62. The summed E-state index contributed by atoms with van der Waals surface area (Å²) in [5, 5.41) is 16.8. The van der Waals surface area contributed by atoms with Crippen LogP contribution in [0.1, 0.15) is 0 Å². The quantitative estimate of drug-likeness (QED) is 0.428. The summed E-state index contributed by atoms with van der Waals surface area (Å²) in [5.41, 5.74) is 5.19. The van der Waals surface area contributed by atoms with Crippen molar-refractivity contribution in [2.24, 2.45) is 0 Å². The molecule has 0 bridgehead atoms. The molecule has 4 N–H and O–H groups in total. The van der Waals surface area contributed by atoms with Crippen molar-refractivity contribution in [3.05, 3.63) is 40.7 Å². The molecule has 0 atom stereocenters. The fraction of sp³-hybridized carbons (Fsp3) is 0. The molecular weight excluding hydrogens is 274 g/mol. The van der Waals surface area contributed by atoms with Gasteiger partial charge in [0.15, 0.2) is 4.90 Å². The Morgan fingerprint density at radius 1 is 1.42 bits per heavy atom. The maximum atomic E-state index is 12.1. The molecule has 9 nitrogen and oxygen atoms in total. The zero-order valence-electron chi connectivity index (χ0n) is 9.40. The molecule has 0 aliphatic carbocycles. The van der Waals surface area contributed by atoms with Crippen LogP contribution in [-0.4, -0.2) is 23.5 Å². The Labute approximate surface area is 107 Å². The lowest BCUT2D eigenvalue weighted by Gasteiger charge is -2.07. The Balaban J connectivity index is 2.50. The molecule has 1 heterocycles. The van der Waals surface area contributed by atoms with E-state index in [1.807, 2.05) is 0 Å². The molecule has 10 heteroatoms. The number of rotatable bonds is 4. The monoisotopic (exact) mass is 283 g/mol. The van der Waals surface area contributed by atoms with Crippen LogP contribution in [0.15, 0.2) is 35.5 Å². The molecule has 0 amide bonds. The van der Waals surface area contributed by atoms with Crippen molar-refractivity contribution in [1.29, 1.82) is 0 Å². The van der Waals surface area contributed by atoms with E-state index < -0.39 is 25.5 Å². The fourth-order valence-corrected chi connectivity index (χ4v) is 2.65. The van der Waals surface area contributed by atoms with Gasteiger partial charge in [-0.15, -0.1) is 0 Å². The highest BCUT2D eigenvalue weighted by Gasteiger charge is 2.26. The second-order valence-electron chi connectivity index (χ2n) is 3.58. The summed E-state index contributed by atoms with van der Waals surface area (Å²) in [6, 6.07) is 3.33. The van der Waals surface area contributed by atoms with Gasteiger partial charge >= 0.3 is 0 Å².